The first-order valence-corrected chi connectivity index (χ1v) is 9.27. The minimum absolute atomic E-state index is 0.114. The maximum absolute atomic E-state index is 12.5. The van der Waals surface area contributed by atoms with Crippen LogP contribution in [0.2, 0.25) is 0 Å². The third-order valence-electron chi connectivity index (χ3n) is 4.03. The van der Waals surface area contributed by atoms with Gasteiger partial charge in [-0.25, -0.2) is 9.78 Å². The van der Waals surface area contributed by atoms with E-state index >= 15 is 0 Å². The van der Waals surface area contributed by atoms with Gasteiger partial charge in [0.25, 0.3) is 0 Å². The molecular formula is C17H29N7O5. The Bertz CT molecular complexity index is 678. The molecule has 0 aromatic carbocycles. The van der Waals surface area contributed by atoms with E-state index in [1.807, 2.05) is 0 Å². The zero-order valence-electron chi connectivity index (χ0n) is 16.3. The van der Waals surface area contributed by atoms with Crippen molar-refractivity contribution in [2.24, 2.45) is 11.5 Å². The van der Waals surface area contributed by atoms with E-state index in [2.05, 4.69) is 25.9 Å². The summed E-state index contributed by atoms with van der Waals surface area (Å²) < 4.78 is 0. The molecule has 12 heteroatoms. The largest absolute Gasteiger partial charge is 0.480 e. The van der Waals surface area contributed by atoms with Crippen LogP contribution in [-0.4, -0.2) is 70.0 Å². The number of aliphatic carboxylic acids is 1. The Balaban J connectivity index is 2.62. The monoisotopic (exact) mass is 411 g/mol. The molecule has 29 heavy (non-hydrogen) atoms. The molecule has 0 bridgehead atoms. The summed E-state index contributed by atoms with van der Waals surface area (Å²) in [7, 11) is 0. The fourth-order valence-electron chi connectivity index (χ4n) is 2.41. The van der Waals surface area contributed by atoms with Crippen LogP contribution in [0, 0.1) is 0 Å². The van der Waals surface area contributed by atoms with Crippen molar-refractivity contribution in [3.8, 4) is 0 Å². The molecule has 12 nitrogen and oxygen atoms in total. The zero-order valence-corrected chi connectivity index (χ0v) is 16.3. The van der Waals surface area contributed by atoms with Gasteiger partial charge in [0, 0.05) is 18.3 Å². The summed E-state index contributed by atoms with van der Waals surface area (Å²) >= 11 is 0. The predicted octanol–water partition coefficient (Wildman–Crippen LogP) is -2.40. The lowest BCUT2D eigenvalue weighted by Gasteiger charge is -2.19. The molecule has 3 atom stereocenters. The standard InChI is InChI=1S/C17H29N7O5/c1-10(19)15(26)24-13(6-11-7-20-9-22-11)16(27)21-8-14(25)23-12(17(28)29)4-2-3-5-18/h7,9-10,12-13H,2-6,8,18-19H2,1H3,(H,20,22)(H,21,27)(H,23,25)(H,24,26)(H,28,29). The van der Waals surface area contributed by atoms with Crippen LogP contribution in [0.1, 0.15) is 31.9 Å². The number of carbonyl (C=O) groups is 4. The highest BCUT2D eigenvalue weighted by atomic mass is 16.4. The SMILES string of the molecule is CC(N)C(=O)NC(Cc1cnc[nH]1)C(=O)NCC(=O)NC(CCCCN)C(=O)O. The smallest absolute Gasteiger partial charge is 0.326 e. The van der Waals surface area contributed by atoms with Crippen LogP contribution in [-0.2, 0) is 25.6 Å². The number of hydrogen-bond acceptors (Lipinski definition) is 7. The van der Waals surface area contributed by atoms with Crippen molar-refractivity contribution in [3.05, 3.63) is 18.2 Å². The molecule has 0 aliphatic carbocycles. The Morgan fingerprint density at radius 2 is 1.90 bits per heavy atom. The molecule has 9 N–H and O–H groups in total. The number of nitrogens with two attached hydrogens (primary N) is 2. The van der Waals surface area contributed by atoms with Gasteiger partial charge >= 0.3 is 5.97 Å². The van der Waals surface area contributed by atoms with E-state index in [0.717, 1.165) is 0 Å². The Hall–Kier alpha value is -2.99. The summed E-state index contributed by atoms with van der Waals surface area (Å²) in [6.45, 7) is 1.47. The lowest BCUT2D eigenvalue weighted by atomic mass is 10.1. The number of carboxylic acids is 1. The van der Waals surface area contributed by atoms with Gasteiger partial charge in [-0.2, -0.15) is 0 Å². The minimum atomic E-state index is -1.16. The number of rotatable bonds is 13. The summed E-state index contributed by atoms with van der Waals surface area (Å²) in [4.78, 5) is 54.3. The summed E-state index contributed by atoms with van der Waals surface area (Å²) in [5.74, 6) is -2.96. The van der Waals surface area contributed by atoms with E-state index in [0.29, 0.717) is 25.1 Å². The number of aromatic amines is 1. The van der Waals surface area contributed by atoms with Gasteiger partial charge in [0.2, 0.25) is 17.7 Å². The zero-order chi connectivity index (χ0) is 21.8. The normalized spacial score (nSPS) is 13.8. The van der Waals surface area contributed by atoms with Gasteiger partial charge in [0.1, 0.15) is 12.1 Å². The number of nitrogens with one attached hydrogen (secondary N) is 4. The van der Waals surface area contributed by atoms with Crippen LogP contribution >= 0.6 is 0 Å². The van der Waals surface area contributed by atoms with Crippen LogP contribution in [0.15, 0.2) is 12.5 Å². The fourth-order valence-corrected chi connectivity index (χ4v) is 2.41. The fraction of sp³-hybridized carbons (Fsp3) is 0.588. The molecule has 1 heterocycles. The quantitative estimate of drug-likeness (QED) is 0.174. The number of aromatic nitrogens is 2. The topological polar surface area (TPSA) is 205 Å². The highest BCUT2D eigenvalue weighted by Crippen LogP contribution is 2.01. The number of imidazole rings is 1. The average Bonchev–Trinajstić information content (AvgIpc) is 3.17. The minimum Gasteiger partial charge on any atom is -0.480 e. The summed E-state index contributed by atoms with van der Waals surface area (Å²) in [6, 6.07) is -2.87. The summed E-state index contributed by atoms with van der Waals surface area (Å²) in [6.07, 6.45) is 4.48. The van der Waals surface area contributed by atoms with Gasteiger partial charge in [0.15, 0.2) is 0 Å². The van der Waals surface area contributed by atoms with Crippen molar-refractivity contribution in [2.45, 2.75) is 50.7 Å². The molecule has 1 aromatic heterocycles. The second kappa shape index (κ2) is 12.5. The molecule has 3 unspecified atom stereocenters. The number of nitrogens with zero attached hydrogens (tertiary/aromatic N) is 1. The first-order valence-electron chi connectivity index (χ1n) is 9.27. The Morgan fingerprint density at radius 1 is 1.17 bits per heavy atom. The molecule has 0 fully saturated rings. The van der Waals surface area contributed by atoms with Crippen LogP contribution in [0.25, 0.3) is 0 Å². The lowest BCUT2D eigenvalue weighted by molar-refractivity contribution is -0.142. The van der Waals surface area contributed by atoms with E-state index in [4.69, 9.17) is 11.5 Å². The molecule has 0 saturated carbocycles. The van der Waals surface area contributed by atoms with Crippen molar-refractivity contribution in [1.82, 2.24) is 25.9 Å². The third kappa shape index (κ3) is 9.17. The first-order chi connectivity index (χ1) is 13.7. The molecule has 0 aliphatic heterocycles. The molecule has 0 spiro atoms. The molecule has 0 radical (unpaired) electrons. The Kier molecular flexibility index (Phi) is 10.3. The predicted molar refractivity (Wildman–Crippen MR) is 103 cm³/mol. The van der Waals surface area contributed by atoms with Crippen molar-refractivity contribution >= 4 is 23.7 Å². The number of carboxylic acid groups (broad SMARTS) is 1. The highest BCUT2D eigenvalue weighted by molar-refractivity contribution is 5.92. The second-order valence-electron chi connectivity index (χ2n) is 6.59. The van der Waals surface area contributed by atoms with Gasteiger partial charge < -0.3 is 37.5 Å². The summed E-state index contributed by atoms with van der Waals surface area (Å²) in [5.41, 5.74) is 11.5. The maximum atomic E-state index is 12.5. The van der Waals surface area contributed by atoms with Crippen LogP contribution in [0.3, 0.4) is 0 Å². The number of unbranched alkanes of at least 4 members (excludes halogenated alkanes) is 1. The molecule has 1 aromatic rings. The van der Waals surface area contributed by atoms with Crippen molar-refractivity contribution in [3.63, 3.8) is 0 Å². The average molecular weight is 411 g/mol. The molecule has 1 rings (SSSR count). The maximum Gasteiger partial charge on any atom is 0.326 e. The second-order valence-corrected chi connectivity index (χ2v) is 6.59. The van der Waals surface area contributed by atoms with E-state index in [-0.39, 0.29) is 12.8 Å². The number of H-pyrrole nitrogens is 1. The number of hydrogen-bond donors (Lipinski definition) is 7. The van der Waals surface area contributed by atoms with Crippen LogP contribution in [0.5, 0.6) is 0 Å². The van der Waals surface area contributed by atoms with Gasteiger partial charge in [-0.1, -0.05) is 0 Å². The molecular weight excluding hydrogens is 382 g/mol. The van der Waals surface area contributed by atoms with E-state index in [1.165, 1.54) is 19.4 Å². The van der Waals surface area contributed by atoms with E-state index in [1.54, 1.807) is 0 Å². The molecule has 0 aliphatic rings. The van der Waals surface area contributed by atoms with Crippen LogP contribution in [0.4, 0.5) is 0 Å². The summed E-state index contributed by atoms with van der Waals surface area (Å²) in [5, 5.41) is 16.4. The van der Waals surface area contributed by atoms with E-state index < -0.39 is 48.4 Å². The van der Waals surface area contributed by atoms with Crippen molar-refractivity contribution < 1.29 is 24.3 Å². The first kappa shape index (κ1) is 24.0. The Labute approximate surface area is 168 Å². The molecule has 0 saturated heterocycles. The number of amides is 3. The molecule has 162 valence electrons. The Morgan fingerprint density at radius 3 is 2.45 bits per heavy atom. The third-order valence-corrected chi connectivity index (χ3v) is 4.03. The lowest BCUT2D eigenvalue weighted by Crippen LogP contribution is -2.53. The van der Waals surface area contributed by atoms with Gasteiger partial charge in [-0.05, 0) is 32.7 Å². The van der Waals surface area contributed by atoms with Gasteiger partial charge in [-0.3, -0.25) is 14.4 Å². The molecule has 3 amide bonds. The number of carbonyl (C=O) groups excluding carboxylic acids is 3. The van der Waals surface area contributed by atoms with Crippen molar-refractivity contribution in [1.29, 1.82) is 0 Å². The van der Waals surface area contributed by atoms with Crippen LogP contribution < -0.4 is 27.4 Å². The highest BCUT2D eigenvalue weighted by Gasteiger charge is 2.24. The van der Waals surface area contributed by atoms with Crippen molar-refractivity contribution in [2.75, 3.05) is 13.1 Å². The van der Waals surface area contributed by atoms with E-state index in [9.17, 15) is 24.3 Å². The van der Waals surface area contributed by atoms with Gasteiger partial charge in [-0.15, -0.1) is 0 Å². The van der Waals surface area contributed by atoms with Gasteiger partial charge in [0.05, 0.1) is 18.9 Å².